The summed E-state index contributed by atoms with van der Waals surface area (Å²) < 4.78 is 31.3. The summed E-state index contributed by atoms with van der Waals surface area (Å²) in [4.78, 5) is 23.1. The topological polar surface area (TPSA) is 55.4 Å². The number of amides is 1. The van der Waals surface area contributed by atoms with E-state index in [2.05, 4.69) is 5.32 Å². The Hall–Kier alpha value is -1.82. The Morgan fingerprint density at radius 2 is 2.00 bits per heavy atom. The normalized spacial score (nSPS) is 10.8. The van der Waals surface area contributed by atoms with E-state index in [1.807, 2.05) is 13.8 Å². The van der Waals surface area contributed by atoms with Crippen molar-refractivity contribution < 1.29 is 23.1 Å². The van der Waals surface area contributed by atoms with Gasteiger partial charge in [-0.15, -0.1) is 0 Å². The molecule has 1 rings (SSSR count). The number of benzene rings is 1. The molecule has 1 N–H and O–H groups in total. The summed E-state index contributed by atoms with van der Waals surface area (Å²) in [7, 11) is 0. The smallest absolute Gasteiger partial charge is 0.227 e. The maximum atomic E-state index is 13.4. The molecule has 6 heteroatoms. The van der Waals surface area contributed by atoms with Gasteiger partial charge in [0.1, 0.15) is 18.2 Å². The maximum Gasteiger partial charge on any atom is 0.227 e. The van der Waals surface area contributed by atoms with Gasteiger partial charge in [0.2, 0.25) is 5.91 Å². The Kier molecular flexibility index (Phi) is 7.66. The lowest BCUT2D eigenvalue weighted by Crippen LogP contribution is -2.27. The number of rotatable bonds is 9. The van der Waals surface area contributed by atoms with Crippen LogP contribution in [-0.4, -0.2) is 24.9 Å². The Balaban J connectivity index is 2.26. The van der Waals surface area contributed by atoms with Crippen molar-refractivity contribution in [3.63, 3.8) is 0 Å². The average Bonchev–Trinajstić information content (AvgIpc) is 2.42. The van der Waals surface area contributed by atoms with Crippen molar-refractivity contribution >= 4 is 11.7 Å². The zero-order valence-electron chi connectivity index (χ0n) is 12.8. The SMILES string of the molecule is CC(C)CCOCC(=O)CC(=O)NCc1ccc(F)cc1F. The summed E-state index contributed by atoms with van der Waals surface area (Å²) in [5.74, 6) is -1.77. The maximum absolute atomic E-state index is 13.4. The second-order valence-corrected chi connectivity index (χ2v) is 5.46. The Labute approximate surface area is 128 Å². The average molecular weight is 313 g/mol. The van der Waals surface area contributed by atoms with Crippen LogP contribution in [0.3, 0.4) is 0 Å². The molecule has 0 unspecified atom stereocenters. The first-order valence-electron chi connectivity index (χ1n) is 7.18. The highest BCUT2D eigenvalue weighted by molar-refractivity contribution is 5.98. The van der Waals surface area contributed by atoms with Gasteiger partial charge in [0.05, 0.1) is 6.42 Å². The number of ether oxygens (including phenoxy) is 1. The standard InChI is InChI=1S/C16H21F2NO3/c1-11(2)5-6-22-10-14(20)8-16(21)19-9-12-3-4-13(17)7-15(12)18/h3-4,7,11H,5-6,8-10H2,1-2H3,(H,19,21). The Morgan fingerprint density at radius 1 is 1.27 bits per heavy atom. The monoisotopic (exact) mass is 313 g/mol. The van der Waals surface area contributed by atoms with Gasteiger partial charge in [-0.3, -0.25) is 9.59 Å². The van der Waals surface area contributed by atoms with Gasteiger partial charge in [-0.25, -0.2) is 8.78 Å². The largest absolute Gasteiger partial charge is 0.374 e. The number of carbonyl (C=O) groups excluding carboxylic acids is 2. The number of hydrogen-bond donors (Lipinski definition) is 1. The molecule has 1 aromatic rings. The predicted molar refractivity (Wildman–Crippen MR) is 78.1 cm³/mol. The van der Waals surface area contributed by atoms with E-state index in [1.165, 1.54) is 6.07 Å². The molecule has 0 fully saturated rings. The van der Waals surface area contributed by atoms with Gasteiger partial charge >= 0.3 is 0 Å². The van der Waals surface area contributed by atoms with Crippen molar-refractivity contribution in [3.05, 3.63) is 35.4 Å². The third-order valence-corrected chi connectivity index (χ3v) is 2.95. The van der Waals surface area contributed by atoms with Crippen LogP contribution in [0, 0.1) is 17.6 Å². The summed E-state index contributed by atoms with van der Waals surface area (Å²) in [6.45, 7) is 4.38. The quantitative estimate of drug-likeness (QED) is 0.563. The molecule has 122 valence electrons. The molecule has 0 aliphatic rings. The van der Waals surface area contributed by atoms with Crippen LogP contribution in [0.15, 0.2) is 18.2 Å². The fourth-order valence-electron chi connectivity index (χ4n) is 1.66. The van der Waals surface area contributed by atoms with Crippen LogP contribution in [0.5, 0.6) is 0 Å². The van der Waals surface area contributed by atoms with E-state index in [0.29, 0.717) is 12.5 Å². The minimum atomic E-state index is -0.733. The number of Topliss-reactive ketones (excluding diaryl/α,β-unsaturated/α-hetero) is 1. The van der Waals surface area contributed by atoms with Gasteiger partial charge < -0.3 is 10.1 Å². The van der Waals surface area contributed by atoms with Gasteiger partial charge in [0.25, 0.3) is 0 Å². The summed E-state index contributed by atoms with van der Waals surface area (Å²) in [6.07, 6.45) is 0.536. The highest BCUT2D eigenvalue weighted by Crippen LogP contribution is 2.09. The molecule has 1 amide bonds. The molecule has 0 aliphatic heterocycles. The molecule has 0 saturated carbocycles. The van der Waals surface area contributed by atoms with E-state index in [4.69, 9.17) is 4.74 Å². The van der Waals surface area contributed by atoms with Crippen LogP contribution in [-0.2, 0) is 20.9 Å². The molecule has 4 nitrogen and oxygen atoms in total. The first-order valence-corrected chi connectivity index (χ1v) is 7.18. The molecular weight excluding hydrogens is 292 g/mol. The minimum absolute atomic E-state index is 0.0908. The summed E-state index contributed by atoms with van der Waals surface area (Å²) >= 11 is 0. The lowest BCUT2D eigenvalue weighted by atomic mass is 10.1. The number of halogens is 2. The Bertz CT molecular complexity index is 518. The van der Waals surface area contributed by atoms with Crippen molar-refractivity contribution in [2.45, 2.75) is 33.2 Å². The summed E-state index contributed by atoms with van der Waals surface area (Å²) in [5, 5.41) is 2.42. The first kappa shape index (κ1) is 18.2. The van der Waals surface area contributed by atoms with E-state index in [-0.39, 0.29) is 30.9 Å². The number of ketones is 1. The van der Waals surface area contributed by atoms with Crippen LogP contribution in [0.25, 0.3) is 0 Å². The van der Waals surface area contributed by atoms with Crippen molar-refractivity contribution in [3.8, 4) is 0 Å². The van der Waals surface area contributed by atoms with E-state index < -0.39 is 17.5 Å². The van der Waals surface area contributed by atoms with E-state index >= 15 is 0 Å². The third kappa shape index (κ3) is 7.26. The highest BCUT2D eigenvalue weighted by Gasteiger charge is 2.11. The lowest BCUT2D eigenvalue weighted by molar-refractivity contribution is -0.130. The molecule has 0 aromatic heterocycles. The molecule has 22 heavy (non-hydrogen) atoms. The van der Waals surface area contributed by atoms with E-state index in [0.717, 1.165) is 18.6 Å². The van der Waals surface area contributed by atoms with Crippen molar-refractivity contribution in [2.75, 3.05) is 13.2 Å². The van der Waals surface area contributed by atoms with Gasteiger partial charge in [-0.2, -0.15) is 0 Å². The molecule has 0 heterocycles. The van der Waals surface area contributed by atoms with Crippen molar-refractivity contribution in [1.82, 2.24) is 5.32 Å². The molecule has 0 radical (unpaired) electrons. The fourth-order valence-corrected chi connectivity index (χ4v) is 1.66. The summed E-state index contributed by atoms with van der Waals surface area (Å²) in [5.41, 5.74) is 0.162. The van der Waals surface area contributed by atoms with E-state index in [1.54, 1.807) is 0 Å². The molecule has 0 bridgehead atoms. The van der Waals surface area contributed by atoms with Gasteiger partial charge in [-0.05, 0) is 18.4 Å². The molecular formula is C16H21F2NO3. The molecule has 0 spiro atoms. The van der Waals surface area contributed by atoms with Gasteiger partial charge in [-0.1, -0.05) is 19.9 Å². The molecule has 0 aliphatic carbocycles. The first-order chi connectivity index (χ1) is 10.4. The third-order valence-electron chi connectivity index (χ3n) is 2.95. The number of carbonyl (C=O) groups is 2. The molecule has 1 aromatic carbocycles. The fraction of sp³-hybridized carbons (Fsp3) is 0.500. The second-order valence-electron chi connectivity index (χ2n) is 5.46. The minimum Gasteiger partial charge on any atom is -0.374 e. The van der Waals surface area contributed by atoms with Crippen LogP contribution in [0.2, 0.25) is 0 Å². The zero-order valence-corrected chi connectivity index (χ0v) is 12.8. The molecule has 0 atom stereocenters. The second kappa shape index (κ2) is 9.25. The zero-order chi connectivity index (χ0) is 16.5. The van der Waals surface area contributed by atoms with Crippen LogP contribution in [0.1, 0.15) is 32.3 Å². The van der Waals surface area contributed by atoms with Crippen molar-refractivity contribution in [2.24, 2.45) is 5.92 Å². The summed E-state index contributed by atoms with van der Waals surface area (Å²) in [6, 6.07) is 3.11. The number of hydrogen-bond acceptors (Lipinski definition) is 3. The predicted octanol–water partition coefficient (Wildman–Crippen LogP) is 2.60. The van der Waals surface area contributed by atoms with Gasteiger partial charge in [0.15, 0.2) is 5.78 Å². The number of nitrogens with one attached hydrogen (secondary N) is 1. The van der Waals surface area contributed by atoms with Crippen LogP contribution < -0.4 is 5.32 Å². The highest BCUT2D eigenvalue weighted by atomic mass is 19.1. The van der Waals surface area contributed by atoms with Crippen LogP contribution in [0.4, 0.5) is 8.78 Å². The van der Waals surface area contributed by atoms with E-state index in [9.17, 15) is 18.4 Å². The molecule has 0 saturated heterocycles. The lowest BCUT2D eigenvalue weighted by Gasteiger charge is -2.07. The van der Waals surface area contributed by atoms with Crippen LogP contribution >= 0.6 is 0 Å². The van der Waals surface area contributed by atoms with Crippen molar-refractivity contribution in [1.29, 1.82) is 0 Å². The van der Waals surface area contributed by atoms with Gasteiger partial charge in [0, 0.05) is 24.8 Å². The Morgan fingerprint density at radius 3 is 2.64 bits per heavy atom.